The number of esters is 3. The van der Waals surface area contributed by atoms with Crippen LogP contribution in [0.2, 0.25) is 0 Å². The molecule has 9 heteroatoms. The number of carbonyl (C=O) groups is 4. The van der Waals surface area contributed by atoms with Gasteiger partial charge >= 0.3 is 17.9 Å². The molecule has 1 aliphatic carbocycles. The highest BCUT2D eigenvalue weighted by Gasteiger charge is 2.92. The standard InChI is InChI=1S/C22H23NO8/c1-19(2,3)21(28)9-12-20(10-13(24)29-12)18(27)31-17-22(20,21)14(15(25)23-17)30-16(26)11-7-5-4-6-8-11/h4-8,12,14,17,28H,9-10H2,1-3H3,(H,23,25)/t12-,14-,17-,20-,21+,22+/m0/s1. The zero-order valence-electron chi connectivity index (χ0n) is 17.3. The Balaban J connectivity index is 1.71. The molecule has 3 aliphatic heterocycles. The van der Waals surface area contributed by atoms with Crippen LogP contribution in [-0.2, 0) is 28.6 Å². The number of rotatable bonds is 2. The molecule has 1 aromatic rings. The summed E-state index contributed by atoms with van der Waals surface area (Å²) in [6.45, 7) is 5.28. The Morgan fingerprint density at radius 1 is 1.16 bits per heavy atom. The second-order valence-electron chi connectivity index (χ2n) is 9.76. The van der Waals surface area contributed by atoms with Crippen molar-refractivity contribution in [2.24, 2.45) is 16.2 Å². The highest BCUT2D eigenvalue weighted by Crippen LogP contribution is 2.75. The Hall–Kier alpha value is -2.94. The lowest BCUT2D eigenvalue weighted by Crippen LogP contribution is -2.66. The fourth-order valence-electron chi connectivity index (χ4n) is 6.17. The quantitative estimate of drug-likeness (QED) is 0.519. The van der Waals surface area contributed by atoms with Crippen molar-refractivity contribution in [2.45, 2.75) is 57.6 Å². The third-order valence-corrected chi connectivity index (χ3v) is 7.55. The molecule has 0 unspecified atom stereocenters. The van der Waals surface area contributed by atoms with Crippen molar-refractivity contribution in [2.75, 3.05) is 0 Å². The largest absolute Gasteiger partial charge is 0.461 e. The average Bonchev–Trinajstić information content (AvgIpc) is 3.30. The van der Waals surface area contributed by atoms with Gasteiger partial charge in [-0.3, -0.25) is 14.4 Å². The van der Waals surface area contributed by atoms with Gasteiger partial charge in [-0.25, -0.2) is 4.79 Å². The van der Waals surface area contributed by atoms with Crippen molar-refractivity contribution < 1.29 is 38.5 Å². The predicted molar refractivity (Wildman–Crippen MR) is 102 cm³/mol. The van der Waals surface area contributed by atoms with Gasteiger partial charge in [-0.15, -0.1) is 0 Å². The molecule has 3 heterocycles. The molecule has 0 radical (unpaired) electrons. The number of benzene rings is 1. The molecular formula is C22H23NO8. The van der Waals surface area contributed by atoms with Crippen LogP contribution in [0.3, 0.4) is 0 Å². The van der Waals surface area contributed by atoms with Gasteiger partial charge in [-0.05, 0) is 17.5 Å². The summed E-state index contributed by atoms with van der Waals surface area (Å²) in [5.41, 5.74) is -5.77. The van der Waals surface area contributed by atoms with E-state index in [1.54, 1.807) is 39.0 Å². The molecule has 1 aromatic carbocycles. The molecule has 4 aliphatic rings. The van der Waals surface area contributed by atoms with Crippen LogP contribution in [0.15, 0.2) is 30.3 Å². The van der Waals surface area contributed by atoms with E-state index in [2.05, 4.69) is 5.32 Å². The SMILES string of the molecule is CC(C)(C)[C@]1(O)C[C@@H]2OC(=O)C[C@@]23C(=O)O[C@@H]2NC(=O)[C@H](OC(=O)c4ccccc4)[C@]213. The van der Waals surface area contributed by atoms with Crippen molar-refractivity contribution in [3.8, 4) is 0 Å². The van der Waals surface area contributed by atoms with Gasteiger partial charge in [0.05, 0.1) is 17.6 Å². The number of hydrogen-bond donors (Lipinski definition) is 2. The molecule has 6 atom stereocenters. The van der Waals surface area contributed by atoms with E-state index in [0.717, 1.165) is 0 Å². The van der Waals surface area contributed by atoms with E-state index in [0.29, 0.717) is 0 Å². The normalized spacial score (nSPS) is 40.5. The summed E-state index contributed by atoms with van der Waals surface area (Å²) in [5.74, 6) is -2.83. The number of hydrogen-bond acceptors (Lipinski definition) is 8. The first-order valence-corrected chi connectivity index (χ1v) is 10.2. The summed E-state index contributed by atoms with van der Waals surface area (Å²) in [4.78, 5) is 51.4. The number of amides is 1. The van der Waals surface area contributed by atoms with Crippen LogP contribution in [0, 0.1) is 16.2 Å². The van der Waals surface area contributed by atoms with E-state index in [1.807, 2.05) is 0 Å². The van der Waals surface area contributed by atoms with E-state index in [4.69, 9.17) is 14.2 Å². The Kier molecular flexibility index (Phi) is 3.77. The number of ether oxygens (including phenoxy) is 3. The van der Waals surface area contributed by atoms with Crippen LogP contribution in [0.1, 0.15) is 44.0 Å². The van der Waals surface area contributed by atoms with Crippen molar-refractivity contribution in [3.05, 3.63) is 35.9 Å². The molecule has 0 aromatic heterocycles. The minimum absolute atomic E-state index is 0.0812. The van der Waals surface area contributed by atoms with Gasteiger partial charge in [0.25, 0.3) is 5.91 Å². The van der Waals surface area contributed by atoms with Crippen LogP contribution < -0.4 is 5.32 Å². The monoisotopic (exact) mass is 429 g/mol. The van der Waals surface area contributed by atoms with Crippen LogP contribution in [0.4, 0.5) is 0 Å². The predicted octanol–water partition coefficient (Wildman–Crippen LogP) is 0.694. The van der Waals surface area contributed by atoms with Crippen molar-refractivity contribution >= 4 is 23.8 Å². The van der Waals surface area contributed by atoms with E-state index in [-0.39, 0.29) is 18.4 Å². The molecule has 0 bridgehead atoms. The van der Waals surface area contributed by atoms with Gasteiger partial charge in [0.15, 0.2) is 12.3 Å². The Labute approximate surface area is 178 Å². The molecule has 1 saturated carbocycles. The Morgan fingerprint density at radius 3 is 2.48 bits per heavy atom. The lowest BCUT2D eigenvalue weighted by molar-refractivity contribution is -0.205. The highest BCUT2D eigenvalue weighted by molar-refractivity contribution is 5.99. The maximum absolute atomic E-state index is 13.2. The summed E-state index contributed by atoms with van der Waals surface area (Å²) in [5, 5.41) is 14.7. The average molecular weight is 429 g/mol. The van der Waals surface area contributed by atoms with Crippen molar-refractivity contribution in [1.29, 1.82) is 0 Å². The molecular weight excluding hydrogens is 406 g/mol. The maximum atomic E-state index is 13.2. The van der Waals surface area contributed by atoms with Crippen molar-refractivity contribution in [1.82, 2.24) is 5.32 Å². The highest BCUT2D eigenvalue weighted by atomic mass is 16.6. The Bertz CT molecular complexity index is 1020. The molecule has 2 spiro atoms. The first-order valence-electron chi connectivity index (χ1n) is 10.2. The molecule has 2 N–H and O–H groups in total. The smallest absolute Gasteiger partial charge is 0.338 e. The zero-order valence-corrected chi connectivity index (χ0v) is 17.3. The molecule has 31 heavy (non-hydrogen) atoms. The van der Waals surface area contributed by atoms with Gasteiger partial charge in [-0.2, -0.15) is 0 Å². The molecule has 1 amide bonds. The molecule has 3 saturated heterocycles. The van der Waals surface area contributed by atoms with Crippen molar-refractivity contribution in [3.63, 3.8) is 0 Å². The molecule has 164 valence electrons. The lowest BCUT2D eigenvalue weighted by Gasteiger charge is -2.51. The zero-order chi connectivity index (χ0) is 22.4. The lowest BCUT2D eigenvalue weighted by atomic mass is 9.52. The fourth-order valence-corrected chi connectivity index (χ4v) is 6.17. The van der Waals surface area contributed by atoms with Crippen LogP contribution in [-0.4, -0.2) is 53.0 Å². The first kappa shape index (κ1) is 20.0. The summed E-state index contributed by atoms with van der Waals surface area (Å²) in [6, 6.07) is 8.10. The van der Waals surface area contributed by atoms with Gasteiger partial charge in [0.1, 0.15) is 16.9 Å². The summed E-state index contributed by atoms with van der Waals surface area (Å²) in [7, 11) is 0. The molecule has 9 nitrogen and oxygen atoms in total. The summed E-state index contributed by atoms with van der Waals surface area (Å²) >= 11 is 0. The van der Waals surface area contributed by atoms with E-state index >= 15 is 0 Å². The second kappa shape index (κ2) is 5.85. The van der Waals surface area contributed by atoms with E-state index in [1.165, 1.54) is 12.1 Å². The first-order chi connectivity index (χ1) is 14.5. The number of carbonyl (C=O) groups excluding carboxylic acids is 4. The third-order valence-electron chi connectivity index (χ3n) is 7.55. The summed E-state index contributed by atoms with van der Waals surface area (Å²) in [6.07, 6.45) is -4.25. The maximum Gasteiger partial charge on any atom is 0.338 e. The van der Waals surface area contributed by atoms with Crippen LogP contribution >= 0.6 is 0 Å². The third kappa shape index (κ3) is 2.10. The molecule has 5 rings (SSSR count). The van der Waals surface area contributed by atoms with Gasteiger partial charge in [0, 0.05) is 6.42 Å². The minimum Gasteiger partial charge on any atom is -0.461 e. The summed E-state index contributed by atoms with van der Waals surface area (Å²) < 4.78 is 16.7. The van der Waals surface area contributed by atoms with Crippen LogP contribution in [0.5, 0.6) is 0 Å². The fraction of sp³-hybridized carbons (Fsp3) is 0.545. The molecule has 4 fully saturated rings. The number of aliphatic hydroxyl groups is 1. The van der Waals surface area contributed by atoms with Gasteiger partial charge in [-0.1, -0.05) is 39.0 Å². The van der Waals surface area contributed by atoms with Gasteiger partial charge < -0.3 is 24.6 Å². The van der Waals surface area contributed by atoms with E-state index < -0.39 is 64.1 Å². The van der Waals surface area contributed by atoms with Gasteiger partial charge in [0.2, 0.25) is 0 Å². The second-order valence-corrected chi connectivity index (χ2v) is 9.76. The Morgan fingerprint density at radius 2 is 1.84 bits per heavy atom. The van der Waals surface area contributed by atoms with Crippen LogP contribution in [0.25, 0.3) is 0 Å². The number of nitrogens with one attached hydrogen (secondary N) is 1. The topological polar surface area (TPSA) is 128 Å². The van der Waals surface area contributed by atoms with E-state index in [9.17, 15) is 24.3 Å². The minimum atomic E-state index is -1.73.